The molecule has 34 heavy (non-hydrogen) atoms. The summed E-state index contributed by atoms with van der Waals surface area (Å²) in [7, 11) is 0. The summed E-state index contributed by atoms with van der Waals surface area (Å²) in [5, 5.41) is 1.18. The van der Waals surface area contributed by atoms with Gasteiger partial charge < -0.3 is 18.6 Å². The normalized spacial score (nSPS) is 13.0. The van der Waals surface area contributed by atoms with Crippen molar-refractivity contribution in [3.05, 3.63) is 86.7 Å². The molecule has 0 amide bonds. The van der Waals surface area contributed by atoms with Gasteiger partial charge in [-0.1, -0.05) is 42.8 Å². The molecule has 0 aliphatic carbocycles. The van der Waals surface area contributed by atoms with Crippen molar-refractivity contribution in [1.29, 1.82) is 0 Å². The fourth-order valence-corrected chi connectivity index (χ4v) is 4.40. The Bertz CT molecular complexity index is 1420. The van der Waals surface area contributed by atoms with Gasteiger partial charge >= 0.3 is 0 Å². The van der Waals surface area contributed by atoms with Gasteiger partial charge in [0.25, 0.3) is 0 Å². The minimum absolute atomic E-state index is 0.0828. The van der Waals surface area contributed by atoms with Gasteiger partial charge in [-0.2, -0.15) is 0 Å². The highest BCUT2D eigenvalue weighted by atomic mass is 35.5. The van der Waals surface area contributed by atoms with Gasteiger partial charge in [-0.25, -0.2) is 0 Å². The minimum atomic E-state index is -0.0828. The minimum Gasteiger partial charge on any atom is -0.490 e. The monoisotopic (exact) mass is 476 g/mol. The topological polar surface area (TPSA) is 57.9 Å². The van der Waals surface area contributed by atoms with Crippen molar-refractivity contribution in [2.24, 2.45) is 0 Å². The number of hydrogen-bond donors (Lipinski definition) is 0. The fourth-order valence-electron chi connectivity index (χ4n) is 4.21. The van der Waals surface area contributed by atoms with E-state index in [0.717, 1.165) is 23.1 Å². The standard InChI is InChI=1S/C28H25ClO5/c1-3-18-13-21-25(15-24(18)33-16-20-7-4-5-8-22(20)29)34-17(2)27(28(21)30)19-9-10-23-26(14-19)32-12-6-11-31-23/h4-5,7-10,13-15H,3,6,11-12,16H2,1-2H3. The maximum Gasteiger partial charge on any atom is 0.200 e. The van der Waals surface area contributed by atoms with Crippen LogP contribution in [0.1, 0.15) is 30.2 Å². The molecule has 1 aliphatic rings. The van der Waals surface area contributed by atoms with E-state index in [1.165, 1.54) is 0 Å². The summed E-state index contributed by atoms with van der Waals surface area (Å²) in [6, 6.07) is 16.8. The van der Waals surface area contributed by atoms with E-state index in [-0.39, 0.29) is 5.43 Å². The summed E-state index contributed by atoms with van der Waals surface area (Å²) in [5.41, 5.74) is 3.51. The Morgan fingerprint density at radius 1 is 0.971 bits per heavy atom. The highest BCUT2D eigenvalue weighted by Crippen LogP contribution is 2.36. The third-order valence-corrected chi connectivity index (χ3v) is 6.38. The van der Waals surface area contributed by atoms with E-state index in [1.54, 1.807) is 13.0 Å². The van der Waals surface area contributed by atoms with E-state index in [4.69, 9.17) is 30.2 Å². The highest BCUT2D eigenvalue weighted by molar-refractivity contribution is 6.31. The van der Waals surface area contributed by atoms with Crippen LogP contribution >= 0.6 is 11.6 Å². The molecule has 1 aliphatic heterocycles. The van der Waals surface area contributed by atoms with Crippen molar-refractivity contribution in [1.82, 2.24) is 0 Å². The zero-order chi connectivity index (χ0) is 23.7. The molecule has 0 fully saturated rings. The predicted molar refractivity (Wildman–Crippen MR) is 133 cm³/mol. The number of aryl methyl sites for hydroxylation is 2. The third-order valence-electron chi connectivity index (χ3n) is 6.01. The zero-order valence-corrected chi connectivity index (χ0v) is 19.9. The maximum atomic E-state index is 13.6. The molecule has 0 radical (unpaired) electrons. The van der Waals surface area contributed by atoms with Crippen LogP contribution in [0.15, 0.2) is 63.8 Å². The Morgan fingerprint density at radius 3 is 2.56 bits per heavy atom. The van der Waals surface area contributed by atoms with Gasteiger partial charge in [0.1, 0.15) is 23.7 Å². The van der Waals surface area contributed by atoms with Crippen molar-refractivity contribution in [3.8, 4) is 28.4 Å². The number of benzene rings is 3. The first kappa shape index (κ1) is 22.4. The third kappa shape index (κ3) is 4.24. The number of halogens is 1. The number of ether oxygens (including phenoxy) is 3. The molecule has 0 atom stereocenters. The van der Waals surface area contributed by atoms with Gasteiger partial charge in [-0.3, -0.25) is 4.79 Å². The first-order chi connectivity index (χ1) is 16.5. The lowest BCUT2D eigenvalue weighted by Crippen LogP contribution is -2.09. The molecule has 0 unspecified atom stereocenters. The van der Waals surface area contributed by atoms with E-state index in [9.17, 15) is 4.79 Å². The second-order valence-corrected chi connectivity index (χ2v) is 8.67. The van der Waals surface area contributed by atoms with Crippen LogP contribution < -0.4 is 19.6 Å². The quantitative estimate of drug-likeness (QED) is 0.320. The summed E-state index contributed by atoms with van der Waals surface area (Å²) in [6.07, 6.45) is 1.53. The van der Waals surface area contributed by atoms with Crippen LogP contribution in [0.5, 0.6) is 17.2 Å². The van der Waals surface area contributed by atoms with Gasteiger partial charge in [-0.15, -0.1) is 0 Å². The first-order valence-electron chi connectivity index (χ1n) is 11.4. The van der Waals surface area contributed by atoms with Crippen molar-refractivity contribution in [2.45, 2.75) is 33.3 Å². The smallest absolute Gasteiger partial charge is 0.200 e. The largest absolute Gasteiger partial charge is 0.490 e. The molecule has 0 bridgehead atoms. The lowest BCUT2D eigenvalue weighted by Gasteiger charge is -2.14. The summed E-state index contributed by atoms with van der Waals surface area (Å²) in [6.45, 7) is 5.36. The first-order valence-corrected chi connectivity index (χ1v) is 11.8. The van der Waals surface area contributed by atoms with Crippen LogP contribution in [0, 0.1) is 6.92 Å². The molecule has 0 N–H and O–H groups in total. The van der Waals surface area contributed by atoms with E-state index in [0.29, 0.717) is 70.8 Å². The molecule has 5 rings (SSSR count). The lowest BCUT2D eigenvalue weighted by molar-refractivity contribution is 0.297. The van der Waals surface area contributed by atoms with E-state index >= 15 is 0 Å². The molecular formula is C28H25ClO5. The molecule has 0 saturated carbocycles. The SMILES string of the molecule is CCc1cc2c(=O)c(-c3ccc4c(c3)OCCCO4)c(C)oc2cc1OCc1ccccc1Cl. The van der Waals surface area contributed by atoms with Crippen LogP contribution in [0.3, 0.4) is 0 Å². The van der Waals surface area contributed by atoms with Crippen molar-refractivity contribution >= 4 is 22.6 Å². The molecule has 1 aromatic heterocycles. The van der Waals surface area contributed by atoms with Gasteiger partial charge in [0.05, 0.1) is 24.2 Å². The van der Waals surface area contributed by atoms with Crippen LogP contribution in [0.2, 0.25) is 5.02 Å². The average molecular weight is 477 g/mol. The van der Waals surface area contributed by atoms with E-state index < -0.39 is 0 Å². The van der Waals surface area contributed by atoms with Crippen LogP contribution in [0.25, 0.3) is 22.1 Å². The Balaban J connectivity index is 1.55. The Kier molecular flexibility index (Phi) is 6.20. The summed E-state index contributed by atoms with van der Waals surface area (Å²) >= 11 is 6.27. The highest BCUT2D eigenvalue weighted by Gasteiger charge is 2.19. The molecule has 174 valence electrons. The molecule has 5 nitrogen and oxygen atoms in total. The number of fused-ring (bicyclic) bond motifs is 2. The van der Waals surface area contributed by atoms with E-state index in [2.05, 4.69) is 0 Å². The maximum absolute atomic E-state index is 13.6. The molecule has 6 heteroatoms. The Morgan fingerprint density at radius 2 is 1.76 bits per heavy atom. The number of rotatable bonds is 5. The van der Waals surface area contributed by atoms with Gasteiger partial charge in [-0.05, 0) is 48.7 Å². The molecule has 4 aromatic rings. The van der Waals surface area contributed by atoms with Gasteiger partial charge in [0, 0.05) is 23.1 Å². The van der Waals surface area contributed by atoms with Crippen molar-refractivity contribution < 1.29 is 18.6 Å². The summed E-state index contributed by atoms with van der Waals surface area (Å²) < 4.78 is 23.8. The van der Waals surface area contributed by atoms with E-state index in [1.807, 2.05) is 55.5 Å². The zero-order valence-electron chi connectivity index (χ0n) is 19.2. The summed E-state index contributed by atoms with van der Waals surface area (Å²) in [4.78, 5) is 13.6. The van der Waals surface area contributed by atoms with Crippen LogP contribution in [-0.4, -0.2) is 13.2 Å². The predicted octanol–water partition coefficient (Wildman–Crippen LogP) is 6.72. The summed E-state index contributed by atoms with van der Waals surface area (Å²) in [5.74, 6) is 2.55. The second-order valence-electron chi connectivity index (χ2n) is 8.26. The average Bonchev–Trinajstić information content (AvgIpc) is 3.08. The second kappa shape index (κ2) is 9.43. The van der Waals surface area contributed by atoms with Crippen molar-refractivity contribution in [2.75, 3.05) is 13.2 Å². The van der Waals surface area contributed by atoms with Gasteiger partial charge in [0.2, 0.25) is 5.43 Å². The Labute approximate surface area is 202 Å². The van der Waals surface area contributed by atoms with Crippen molar-refractivity contribution in [3.63, 3.8) is 0 Å². The number of hydrogen-bond acceptors (Lipinski definition) is 5. The molecule has 0 spiro atoms. The van der Waals surface area contributed by atoms with Crippen LogP contribution in [-0.2, 0) is 13.0 Å². The molecular weight excluding hydrogens is 452 g/mol. The molecule has 3 aromatic carbocycles. The molecule has 0 saturated heterocycles. The Hall–Kier alpha value is -3.44. The van der Waals surface area contributed by atoms with Gasteiger partial charge in [0.15, 0.2) is 11.5 Å². The fraction of sp³-hybridized carbons (Fsp3) is 0.250. The molecule has 2 heterocycles. The van der Waals surface area contributed by atoms with Crippen LogP contribution in [0.4, 0.5) is 0 Å². The lowest BCUT2D eigenvalue weighted by atomic mass is 10.0.